The van der Waals surface area contributed by atoms with Gasteiger partial charge < -0.3 is 4.42 Å². The van der Waals surface area contributed by atoms with Crippen molar-refractivity contribution >= 4 is 43.5 Å². The van der Waals surface area contributed by atoms with Gasteiger partial charge in [0.2, 0.25) is 0 Å². The maximum atomic E-state index is 6.95. The molecule has 0 bridgehead atoms. The van der Waals surface area contributed by atoms with Crippen LogP contribution in [0.2, 0.25) is 0 Å². The number of aromatic nitrogens is 3. The van der Waals surface area contributed by atoms with Gasteiger partial charge in [-0.3, -0.25) is 0 Å². The average molecular weight is 842 g/mol. The lowest BCUT2D eigenvalue weighted by molar-refractivity contribution is 0.332. The van der Waals surface area contributed by atoms with Crippen molar-refractivity contribution in [1.82, 2.24) is 15.0 Å². The minimum absolute atomic E-state index is 0.0251. The Morgan fingerprint density at radius 1 is 0.415 bits per heavy atom. The SMILES string of the molecule is CC1(C)CCC(C)(C)c2c(-c3nc(-c4ccc5ccc6c7c(ccc6c5c4)C(C)(C)c4ccccc4-7)nc(-c4cc5c(c6oc7ccccc7c46)-c4ccccc4C5(C)C)n3)cccc21. The van der Waals surface area contributed by atoms with E-state index >= 15 is 0 Å². The summed E-state index contributed by atoms with van der Waals surface area (Å²) < 4.78 is 6.95. The maximum Gasteiger partial charge on any atom is 0.164 e. The number of fused-ring (bicyclic) bond motifs is 15. The third kappa shape index (κ3) is 5.23. The molecule has 0 fully saturated rings. The molecule has 0 N–H and O–H groups in total. The summed E-state index contributed by atoms with van der Waals surface area (Å²) in [7, 11) is 0. The van der Waals surface area contributed by atoms with Crippen molar-refractivity contribution in [1.29, 1.82) is 0 Å². The van der Waals surface area contributed by atoms with E-state index in [-0.39, 0.29) is 21.7 Å². The van der Waals surface area contributed by atoms with Gasteiger partial charge in [-0.15, -0.1) is 0 Å². The van der Waals surface area contributed by atoms with Crippen LogP contribution >= 0.6 is 0 Å². The third-order valence-corrected chi connectivity index (χ3v) is 16.0. The molecule has 8 aromatic carbocycles. The normalized spacial score (nSPS) is 17.0. The molecule has 0 aliphatic heterocycles. The predicted molar refractivity (Wildman–Crippen MR) is 269 cm³/mol. The van der Waals surface area contributed by atoms with E-state index in [1.807, 2.05) is 0 Å². The Balaban J connectivity index is 1.11. The lowest BCUT2D eigenvalue weighted by atomic mass is 9.62. The molecule has 10 aromatic rings. The Bertz CT molecular complexity index is 3730. The highest BCUT2D eigenvalue weighted by atomic mass is 16.3. The highest BCUT2D eigenvalue weighted by Gasteiger charge is 2.41. The number of rotatable bonds is 3. The predicted octanol–water partition coefficient (Wildman–Crippen LogP) is 16.0. The zero-order valence-electron chi connectivity index (χ0n) is 38.4. The molecule has 0 spiro atoms. The molecule has 316 valence electrons. The van der Waals surface area contributed by atoms with E-state index in [4.69, 9.17) is 19.4 Å². The lowest BCUT2D eigenvalue weighted by Crippen LogP contribution is -2.34. The summed E-state index contributed by atoms with van der Waals surface area (Å²) >= 11 is 0. The molecule has 2 aromatic heterocycles. The zero-order chi connectivity index (χ0) is 44.4. The lowest BCUT2D eigenvalue weighted by Gasteiger charge is -2.42. The standard InChI is InChI=1S/C61H51N3O/c1-58(2)30-31-59(3,4)53-41(19-15-22-47(53)58)56-62-55(35-25-24-34-26-27-37-36(42(34)32-35)28-29-46-50(37)38-16-9-12-20-44(38)60(46,5)6)63-57(64-56)43-33-48-52(39-17-10-13-21-45(39)61(48,7)8)54-51(43)40-18-11-14-23-49(40)65-54/h9-29,32-33H,30-31H2,1-8H3. The van der Waals surface area contributed by atoms with Crippen LogP contribution in [0.3, 0.4) is 0 Å². The number of hydrogen-bond acceptors (Lipinski definition) is 4. The van der Waals surface area contributed by atoms with Crippen molar-refractivity contribution in [2.45, 2.75) is 89.9 Å². The van der Waals surface area contributed by atoms with Crippen LogP contribution in [0, 0.1) is 0 Å². The van der Waals surface area contributed by atoms with E-state index in [0.717, 1.165) is 57.0 Å². The van der Waals surface area contributed by atoms with E-state index in [2.05, 4.69) is 195 Å². The molecule has 0 saturated carbocycles. The summed E-state index contributed by atoms with van der Waals surface area (Å²) in [6.45, 7) is 18.9. The number of hydrogen-bond donors (Lipinski definition) is 0. The smallest absolute Gasteiger partial charge is 0.164 e. The molecular formula is C61H51N3O. The largest absolute Gasteiger partial charge is 0.455 e. The first-order valence-electron chi connectivity index (χ1n) is 23.3. The van der Waals surface area contributed by atoms with E-state index in [1.54, 1.807) is 0 Å². The zero-order valence-corrected chi connectivity index (χ0v) is 38.4. The average Bonchev–Trinajstić information content (AvgIpc) is 3.90. The topological polar surface area (TPSA) is 51.8 Å². The number of nitrogens with zero attached hydrogens (tertiary/aromatic N) is 3. The first kappa shape index (κ1) is 38.5. The Labute approximate surface area is 380 Å². The molecule has 0 atom stereocenters. The number of benzene rings is 8. The van der Waals surface area contributed by atoms with Gasteiger partial charge in [0.25, 0.3) is 0 Å². The van der Waals surface area contributed by atoms with Crippen LogP contribution in [0.1, 0.15) is 102 Å². The fraction of sp³-hybridized carbons (Fsp3) is 0.230. The second kappa shape index (κ2) is 12.9. The molecular weight excluding hydrogens is 791 g/mol. The van der Waals surface area contributed by atoms with Gasteiger partial charge in [-0.25, -0.2) is 15.0 Å². The molecule has 3 aliphatic carbocycles. The van der Waals surface area contributed by atoms with Gasteiger partial charge in [-0.05, 0) is 113 Å². The summed E-state index contributed by atoms with van der Waals surface area (Å²) in [5.41, 5.74) is 17.4. The molecule has 4 heteroatoms. The molecule has 0 unspecified atom stereocenters. The molecule has 0 radical (unpaired) electrons. The fourth-order valence-electron chi connectivity index (χ4n) is 12.4. The molecule has 0 amide bonds. The minimum Gasteiger partial charge on any atom is -0.455 e. The van der Waals surface area contributed by atoms with Crippen molar-refractivity contribution in [3.05, 3.63) is 173 Å². The monoisotopic (exact) mass is 841 g/mol. The van der Waals surface area contributed by atoms with Gasteiger partial charge in [0.15, 0.2) is 17.5 Å². The first-order chi connectivity index (χ1) is 31.2. The quantitative estimate of drug-likeness (QED) is 0.166. The van der Waals surface area contributed by atoms with E-state index in [9.17, 15) is 0 Å². The van der Waals surface area contributed by atoms with E-state index in [0.29, 0.717) is 17.5 Å². The van der Waals surface area contributed by atoms with Gasteiger partial charge in [0.1, 0.15) is 11.2 Å². The van der Waals surface area contributed by atoms with Gasteiger partial charge in [0, 0.05) is 43.9 Å². The van der Waals surface area contributed by atoms with Crippen LogP contribution in [0.25, 0.3) is 99.9 Å². The van der Waals surface area contributed by atoms with Crippen LogP contribution in [0.5, 0.6) is 0 Å². The van der Waals surface area contributed by atoms with Crippen molar-refractivity contribution in [2.75, 3.05) is 0 Å². The van der Waals surface area contributed by atoms with Crippen LogP contribution in [0.4, 0.5) is 0 Å². The van der Waals surface area contributed by atoms with Crippen molar-refractivity contribution in [3.8, 4) is 56.4 Å². The van der Waals surface area contributed by atoms with Crippen LogP contribution in [-0.2, 0) is 21.7 Å². The summed E-state index contributed by atoms with van der Waals surface area (Å²) in [6, 6.07) is 51.3. The molecule has 13 rings (SSSR count). The highest BCUT2D eigenvalue weighted by molar-refractivity contribution is 6.18. The van der Waals surface area contributed by atoms with Crippen molar-refractivity contribution < 1.29 is 4.42 Å². The fourth-order valence-corrected chi connectivity index (χ4v) is 12.4. The minimum atomic E-state index is -0.268. The van der Waals surface area contributed by atoms with Crippen molar-refractivity contribution in [3.63, 3.8) is 0 Å². The molecule has 65 heavy (non-hydrogen) atoms. The third-order valence-electron chi connectivity index (χ3n) is 16.0. The molecule has 0 saturated heterocycles. The summed E-state index contributed by atoms with van der Waals surface area (Å²) in [6.07, 6.45) is 2.21. The summed E-state index contributed by atoms with van der Waals surface area (Å²) in [4.78, 5) is 16.7. The van der Waals surface area contributed by atoms with E-state index in [1.165, 1.54) is 71.6 Å². The van der Waals surface area contributed by atoms with Crippen LogP contribution in [0.15, 0.2) is 144 Å². The highest BCUT2D eigenvalue weighted by Crippen LogP contribution is 2.56. The van der Waals surface area contributed by atoms with Gasteiger partial charge in [0.05, 0.1) is 0 Å². The number of furan rings is 1. The van der Waals surface area contributed by atoms with Gasteiger partial charge in [-0.1, -0.05) is 177 Å². The summed E-state index contributed by atoms with van der Waals surface area (Å²) in [5, 5.41) is 6.98. The van der Waals surface area contributed by atoms with Crippen LogP contribution < -0.4 is 0 Å². The molecule has 2 heterocycles. The number of para-hydroxylation sites is 1. The molecule has 3 aliphatic rings. The Kier molecular flexibility index (Phi) is 7.64. The molecule has 4 nitrogen and oxygen atoms in total. The summed E-state index contributed by atoms with van der Waals surface area (Å²) in [5.74, 6) is 2.01. The van der Waals surface area contributed by atoms with Gasteiger partial charge in [-0.2, -0.15) is 0 Å². The van der Waals surface area contributed by atoms with Crippen molar-refractivity contribution in [2.24, 2.45) is 0 Å². The second-order valence-corrected chi connectivity index (χ2v) is 21.4. The first-order valence-corrected chi connectivity index (χ1v) is 23.3. The Hall–Kier alpha value is -6.91. The van der Waals surface area contributed by atoms with Gasteiger partial charge >= 0.3 is 0 Å². The Morgan fingerprint density at radius 3 is 1.80 bits per heavy atom. The van der Waals surface area contributed by atoms with Crippen LogP contribution in [-0.4, -0.2) is 15.0 Å². The van der Waals surface area contributed by atoms with E-state index < -0.39 is 0 Å². The second-order valence-electron chi connectivity index (χ2n) is 21.4. The maximum absolute atomic E-state index is 6.95. The Morgan fingerprint density at radius 2 is 1.02 bits per heavy atom.